The van der Waals surface area contributed by atoms with Gasteiger partial charge in [-0.05, 0) is 18.1 Å². The van der Waals surface area contributed by atoms with Gasteiger partial charge in [0.25, 0.3) is 0 Å². The number of nitrogens with one attached hydrogen (secondary N) is 1. The molecule has 2 aromatic rings. The quantitative estimate of drug-likeness (QED) is 0.831. The minimum Gasteiger partial charge on any atom is -0.395 e. The first-order chi connectivity index (χ1) is 9.90. The average Bonchev–Trinajstić information content (AvgIpc) is 2.94. The summed E-state index contributed by atoms with van der Waals surface area (Å²) in [5, 5.41) is 16.6. The Hall–Kier alpha value is -1.22. The molecule has 1 aromatic carbocycles. The lowest BCUT2D eigenvalue weighted by Gasteiger charge is -2.21. The van der Waals surface area contributed by atoms with Crippen LogP contribution in [0.15, 0.2) is 21.6 Å². The molecule has 0 saturated heterocycles. The smallest absolute Gasteiger partial charge is 0.244 e. The molecule has 0 spiro atoms. The van der Waals surface area contributed by atoms with Gasteiger partial charge in [0.15, 0.2) is 5.52 Å². The van der Waals surface area contributed by atoms with E-state index in [1.54, 1.807) is 0 Å². The monoisotopic (exact) mass is 333 g/mol. The second-order valence-corrected chi connectivity index (χ2v) is 6.88. The minimum absolute atomic E-state index is 0.00385. The molecule has 0 saturated carbocycles. The average molecular weight is 334 g/mol. The Morgan fingerprint density at radius 2 is 2.19 bits per heavy atom. The molecule has 9 heteroatoms. The Morgan fingerprint density at radius 1 is 1.48 bits per heavy atom. The lowest BCUT2D eigenvalue weighted by molar-refractivity contribution is 0.219. The fraction of sp³-hybridized carbons (Fsp3) is 0.500. The third-order valence-electron chi connectivity index (χ3n) is 3.44. The van der Waals surface area contributed by atoms with Crippen molar-refractivity contribution in [3.63, 3.8) is 0 Å². The first-order valence-corrected chi connectivity index (χ1v) is 8.30. The minimum atomic E-state index is -3.88. The zero-order chi connectivity index (χ0) is 15.6. The number of hydrogen-bond acceptors (Lipinski definition) is 6. The molecule has 116 valence electrons. The van der Waals surface area contributed by atoms with Gasteiger partial charge in [0, 0.05) is 11.3 Å². The topological polar surface area (TPSA) is 105 Å². The Labute approximate surface area is 127 Å². The summed E-state index contributed by atoms with van der Waals surface area (Å²) < 4.78 is 32.3. The van der Waals surface area contributed by atoms with Crippen molar-refractivity contribution in [3.8, 4) is 0 Å². The van der Waals surface area contributed by atoms with Crippen molar-refractivity contribution in [2.24, 2.45) is 5.92 Å². The summed E-state index contributed by atoms with van der Waals surface area (Å²) in [7, 11) is -3.88. The molecule has 0 bridgehead atoms. The highest BCUT2D eigenvalue weighted by atomic mass is 35.5. The maximum atomic E-state index is 12.5. The van der Waals surface area contributed by atoms with Crippen molar-refractivity contribution in [2.75, 3.05) is 6.61 Å². The number of hydrogen-bond donors (Lipinski definition) is 2. The van der Waals surface area contributed by atoms with Gasteiger partial charge in [-0.2, -0.15) is 0 Å². The van der Waals surface area contributed by atoms with E-state index < -0.39 is 16.1 Å². The van der Waals surface area contributed by atoms with Gasteiger partial charge >= 0.3 is 0 Å². The number of rotatable bonds is 6. The van der Waals surface area contributed by atoms with E-state index in [9.17, 15) is 13.5 Å². The highest BCUT2D eigenvalue weighted by molar-refractivity contribution is 7.89. The van der Waals surface area contributed by atoms with Gasteiger partial charge in [-0.3, -0.25) is 0 Å². The van der Waals surface area contributed by atoms with E-state index in [-0.39, 0.29) is 33.5 Å². The number of fused-ring (bicyclic) bond motifs is 1. The number of aromatic nitrogens is 2. The largest absolute Gasteiger partial charge is 0.395 e. The van der Waals surface area contributed by atoms with Gasteiger partial charge in [0.2, 0.25) is 15.6 Å². The Bertz CT molecular complexity index is 731. The molecule has 0 fully saturated rings. The fourth-order valence-electron chi connectivity index (χ4n) is 1.90. The fourth-order valence-corrected chi connectivity index (χ4v) is 3.55. The molecule has 0 aliphatic carbocycles. The van der Waals surface area contributed by atoms with Crippen LogP contribution in [-0.2, 0) is 10.0 Å². The van der Waals surface area contributed by atoms with Gasteiger partial charge in [0.1, 0.15) is 4.90 Å². The van der Waals surface area contributed by atoms with Crippen LogP contribution in [0.5, 0.6) is 0 Å². The summed E-state index contributed by atoms with van der Waals surface area (Å²) in [6, 6.07) is 2.16. The number of halogens is 1. The Kier molecular flexibility index (Phi) is 4.82. The van der Waals surface area contributed by atoms with E-state index in [0.29, 0.717) is 0 Å². The van der Waals surface area contributed by atoms with E-state index in [1.807, 2.05) is 13.8 Å². The maximum absolute atomic E-state index is 12.5. The van der Waals surface area contributed by atoms with Crippen molar-refractivity contribution in [2.45, 2.75) is 31.2 Å². The number of aliphatic hydroxyl groups is 1. The first-order valence-electron chi connectivity index (χ1n) is 6.44. The molecule has 2 N–H and O–H groups in total. The third kappa shape index (κ3) is 3.18. The van der Waals surface area contributed by atoms with Crippen molar-refractivity contribution in [3.05, 3.63) is 17.2 Å². The normalized spacial score (nSPS) is 15.2. The molecule has 2 rings (SSSR count). The summed E-state index contributed by atoms with van der Waals surface area (Å²) >= 11 is 5.91. The number of sulfonamides is 1. The highest BCUT2D eigenvalue weighted by Crippen LogP contribution is 2.27. The van der Waals surface area contributed by atoms with Crippen LogP contribution in [0.2, 0.25) is 5.02 Å². The second-order valence-electron chi connectivity index (χ2n) is 4.79. The van der Waals surface area contributed by atoms with E-state index in [2.05, 4.69) is 15.1 Å². The van der Waals surface area contributed by atoms with Crippen LogP contribution in [-0.4, -0.2) is 36.5 Å². The van der Waals surface area contributed by atoms with E-state index in [4.69, 9.17) is 16.1 Å². The van der Waals surface area contributed by atoms with Gasteiger partial charge in [-0.1, -0.05) is 31.9 Å². The molecule has 0 aliphatic heterocycles. The van der Waals surface area contributed by atoms with Gasteiger partial charge < -0.3 is 9.63 Å². The van der Waals surface area contributed by atoms with E-state index >= 15 is 0 Å². The van der Waals surface area contributed by atoms with Gasteiger partial charge in [-0.25, -0.2) is 13.1 Å². The molecule has 2 atom stereocenters. The van der Waals surface area contributed by atoms with Crippen LogP contribution in [0, 0.1) is 5.92 Å². The highest BCUT2D eigenvalue weighted by Gasteiger charge is 2.27. The lowest BCUT2D eigenvalue weighted by atomic mass is 10.0. The van der Waals surface area contributed by atoms with E-state index in [0.717, 1.165) is 6.42 Å². The van der Waals surface area contributed by atoms with Crippen LogP contribution >= 0.6 is 11.6 Å². The predicted molar refractivity (Wildman–Crippen MR) is 77.5 cm³/mol. The summed E-state index contributed by atoms with van der Waals surface area (Å²) in [6.45, 7) is 3.49. The molecule has 0 radical (unpaired) electrons. The number of nitrogens with zero attached hydrogens (tertiary/aromatic N) is 2. The molecular formula is C12H16ClN3O4S. The Balaban J connectivity index is 2.43. The molecular weight excluding hydrogens is 318 g/mol. The molecule has 7 nitrogen and oxygen atoms in total. The van der Waals surface area contributed by atoms with Crippen LogP contribution in [0.4, 0.5) is 0 Å². The number of aliphatic hydroxyl groups excluding tert-OH is 1. The van der Waals surface area contributed by atoms with Gasteiger partial charge in [0.05, 0.1) is 11.6 Å². The summed E-state index contributed by atoms with van der Waals surface area (Å²) in [4.78, 5) is -0.103. The van der Waals surface area contributed by atoms with Crippen LogP contribution in [0.25, 0.3) is 11.1 Å². The first kappa shape index (κ1) is 16.2. The number of benzene rings is 1. The standard InChI is InChI=1S/C12H16ClN3O4S/c1-3-7(2)9(6-17)15-21(18,19)10-5-4-8(13)11-12(10)20-16-14-11/h4-5,7,9,15,17H,3,6H2,1-2H3/t7-,9+/m0/s1. The molecule has 0 aliphatic rings. The molecule has 21 heavy (non-hydrogen) atoms. The van der Waals surface area contributed by atoms with Crippen LogP contribution < -0.4 is 4.72 Å². The van der Waals surface area contributed by atoms with Crippen molar-refractivity contribution >= 4 is 32.7 Å². The van der Waals surface area contributed by atoms with Crippen molar-refractivity contribution in [1.29, 1.82) is 0 Å². The molecule has 1 aromatic heterocycles. The van der Waals surface area contributed by atoms with Crippen LogP contribution in [0.3, 0.4) is 0 Å². The summed E-state index contributed by atoms with van der Waals surface area (Å²) in [5.41, 5.74) is 0.180. The molecule has 1 heterocycles. The zero-order valence-electron chi connectivity index (χ0n) is 11.6. The van der Waals surface area contributed by atoms with Crippen molar-refractivity contribution < 1.29 is 18.0 Å². The molecule has 0 unspecified atom stereocenters. The van der Waals surface area contributed by atoms with Crippen molar-refractivity contribution in [1.82, 2.24) is 15.1 Å². The Morgan fingerprint density at radius 3 is 2.81 bits per heavy atom. The SMILES string of the molecule is CC[C@H](C)[C@@H](CO)NS(=O)(=O)c1ccc(Cl)c2nnoc12. The third-order valence-corrected chi connectivity index (χ3v) is 5.26. The maximum Gasteiger partial charge on any atom is 0.244 e. The second kappa shape index (κ2) is 6.27. The molecule has 0 amide bonds. The zero-order valence-corrected chi connectivity index (χ0v) is 13.1. The summed E-state index contributed by atoms with van der Waals surface area (Å²) in [5.74, 6) is -0.0135. The summed E-state index contributed by atoms with van der Waals surface area (Å²) in [6.07, 6.45) is 0.730. The predicted octanol–water partition coefficient (Wildman–Crippen LogP) is 1.56. The van der Waals surface area contributed by atoms with Crippen LogP contribution in [0.1, 0.15) is 20.3 Å². The van der Waals surface area contributed by atoms with Gasteiger partial charge in [-0.15, -0.1) is 5.10 Å². The van der Waals surface area contributed by atoms with E-state index in [1.165, 1.54) is 12.1 Å². The lowest BCUT2D eigenvalue weighted by Crippen LogP contribution is -2.41.